The number of carbonyl (C=O) groups excluding carboxylic acids is 1. The van der Waals surface area contributed by atoms with Crippen molar-refractivity contribution in [2.24, 2.45) is 5.10 Å². The van der Waals surface area contributed by atoms with Gasteiger partial charge in [0.1, 0.15) is 0 Å². The fraction of sp³-hybridized carbons (Fsp3) is 0.222. The van der Waals surface area contributed by atoms with E-state index in [0.717, 1.165) is 36.3 Å². The number of nitro groups is 1. The van der Waals surface area contributed by atoms with E-state index in [2.05, 4.69) is 36.7 Å². The Kier molecular flexibility index (Phi) is 6.15. The Morgan fingerprint density at radius 3 is 2.74 bits per heavy atom. The first kappa shape index (κ1) is 19.0. The molecule has 0 aromatic heterocycles. The van der Waals surface area contributed by atoms with E-state index in [1.54, 1.807) is 24.3 Å². The molecule has 9 heteroatoms. The van der Waals surface area contributed by atoms with Gasteiger partial charge in [-0.3, -0.25) is 14.9 Å². The third-order valence-electron chi connectivity index (χ3n) is 4.14. The lowest BCUT2D eigenvalue weighted by molar-refractivity contribution is -0.384. The number of nitrogens with one attached hydrogen (secondary N) is 2. The van der Waals surface area contributed by atoms with E-state index < -0.39 is 4.92 Å². The standard InChI is InChI=1S/C18H18BrN5O3/c19-15-3-1-2-13(10-15)18(25)22-21-12-14-11-16(24(26)27)4-5-17(14)23-8-6-20-7-9-23/h1-5,10-12,20H,6-9H2,(H,22,25). The number of amides is 1. The first-order valence-electron chi connectivity index (χ1n) is 8.37. The highest BCUT2D eigenvalue weighted by atomic mass is 79.9. The summed E-state index contributed by atoms with van der Waals surface area (Å²) in [5.41, 5.74) is 4.34. The molecule has 0 aliphatic carbocycles. The number of hydrogen-bond donors (Lipinski definition) is 2. The summed E-state index contributed by atoms with van der Waals surface area (Å²) in [4.78, 5) is 25.0. The highest BCUT2D eigenvalue weighted by Crippen LogP contribution is 2.24. The summed E-state index contributed by atoms with van der Waals surface area (Å²) < 4.78 is 0.791. The summed E-state index contributed by atoms with van der Waals surface area (Å²) >= 11 is 3.32. The van der Waals surface area contributed by atoms with Gasteiger partial charge >= 0.3 is 0 Å². The van der Waals surface area contributed by atoms with Gasteiger partial charge in [0, 0.05) is 59.6 Å². The summed E-state index contributed by atoms with van der Waals surface area (Å²) in [6.07, 6.45) is 1.44. The van der Waals surface area contributed by atoms with Crippen LogP contribution in [-0.2, 0) is 0 Å². The van der Waals surface area contributed by atoms with Crippen molar-refractivity contribution in [3.05, 3.63) is 68.2 Å². The highest BCUT2D eigenvalue weighted by Gasteiger charge is 2.16. The monoisotopic (exact) mass is 431 g/mol. The lowest BCUT2D eigenvalue weighted by Gasteiger charge is -2.30. The lowest BCUT2D eigenvalue weighted by atomic mass is 10.1. The quantitative estimate of drug-likeness (QED) is 0.430. The number of hydrazone groups is 1. The maximum atomic E-state index is 12.2. The average molecular weight is 432 g/mol. The Morgan fingerprint density at radius 2 is 2.04 bits per heavy atom. The highest BCUT2D eigenvalue weighted by molar-refractivity contribution is 9.10. The third-order valence-corrected chi connectivity index (χ3v) is 4.63. The van der Waals surface area contributed by atoms with E-state index in [1.165, 1.54) is 18.3 Å². The Balaban J connectivity index is 1.80. The van der Waals surface area contributed by atoms with Crippen LogP contribution in [0, 0.1) is 10.1 Å². The summed E-state index contributed by atoms with van der Waals surface area (Å²) in [5, 5.41) is 18.4. The third kappa shape index (κ3) is 4.89. The predicted molar refractivity (Wildman–Crippen MR) is 107 cm³/mol. The van der Waals surface area contributed by atoms with Crippen LogP contribution >= 0.6 is 15.9 Å². The zero-order chi connectivity index (χ0) is 19.2. The van der Waals surface area contributed by atoms with Gasteiger partial charge in [-0.2, -0.15) is 5.10 Å². The van der Waals surface area contributed by atoms with E-state index in [1.807, 2.05) is 6.07 Å². The van der Waals surface area contributed by atoms with Crippen molar-refractivity contribution in [2.75, 3.05) is 31.1 Å². The molecular weight excluding hydrogens is 414 g/mol. The molecule has 1 aliphatic heterocycles. The largest absolute Gasteiger partial charge is 0.368 e. The van der Waals surface area contributed by atoms with Gasteiger partial charge in [0.2, 0.25) is 0 Å². The Labute approximate surface area is 164 Å². The van der Waals surface area contributed by atoms with Crippen molar-refractivity contribution >= 4 is 39.4 Å². The molecule has 2 N–H and O–H groups in total. The number of carbonyl (C=O) groups is 1. The van der Waals surface area contributed by atoms with Crippen LogP contribution < -0.4 is 15.6 Å². The van der Waals surface area contributed by atoms with E-state index in [4.69, 9.17) is 0 Å². The molecule has 0 bridgehead atoms. The smallest absolute Gasteiger partial charge is 0.271 e. The Bertz CT molecular complexity index is 881. The molecule has 0 atom stereocenters. The number of benzene rings is 2. The van der Waals surface area contributed by atoms with Crippen LogP contribution in [0.25, 0.3) is 0 Å². The molecule has 1 saturated heterocycles. The maximum absolute atomic E-state index is 12.2. The van der Waals surface area contributed by atoms with E-state index in [0.29, 0.717) is 11.1 Å². The Hall–Kier alpha value is -2.78. The van der Waals surface area contributed by atoms with Crippen molar-refractivity contribution in [1.29, 1.82) is 0 Å². The topological polar surface area (TPSA) is 99.9 Å². The normalized spacial score (nSPS) is 14.3. The summed E-state index contributed by atoms with van der Waals surface area (Å²) in [5.74, 6) is -0.360. The van der Waals surface area contributed by atoms with Gasteiger partial charge in [0.05, 0.1) is 11.1 Å². The molecule has 27 heavy (non-hydrogen) atoms. The molecule has 0 spiro atoms. The second-order valence-corrected chi connectivity index (χ2v) is 6.86. The molecular formula is C18H18BrN5O3. The number of anilines is 1. The van der Waals surface area contributed by atoms with Crippen LogP contribution in [0.2, 0.25) is 0 Å². The van der Waals surface area contributed by atoms with Gasteiger partial charge in [0.25, 0.3) is 11.6 Å². The molecule has 1 fully saturated rings. The number of halogens is 1. The average Bonchev–Trinajstić information content (AvgIpc) is 2.68. The van der Waals surface area contributed by atoms with Crippen molar-refractivity contribution in [3.63, 3.8) is 0 Å². The number of nitrogens with zero attached hydrogens (tertiary/aromatic N) is 3. The number of rotatable bonds is 5. The first-order chi connectivity index (χ1) is 13.0. The summed E-state index contributed by atoms with van der Waals surface area (Å²) in [6, 6.07) is 11.6. The fourth-order valence-corrected chi connectivity index (χ4v) is 3.21. The van der Waals surface area contributed by atoms with Crippen molar-refractivity contribution in [1.82, 2.24) is 10.7 Å². The Morgan fingerprint density at radius 1 is 1.26 bits per heavy atom. The minimum atomic E-state index is -0.445. The molecule has 3 rings (SSSR count). The predicted octanol–water partition coefficient (Wildman–Crippen LogP) is 2.53. The van der Waals surface area contributed by atoms with Crippen LogP contribution in [0.4, 0.5) is 11.4 Å². The van der Waals surface area contributed by atoms with Gasteiger partial charge in [-0.25, -0.2) is 5.43 Å². The SMILES string of the molecule is O=C(NN=Cc1cc([N+](=O)[O-])ccc1N1CCNCC1)c1cccc(Br)c1. The summed E-state index contributed by atoms with van der Waals surface area (Å²) in [7, 11) is 0. The van der Waals surface area contributed by atoms with E-state index in [-0.39, 0.29) is 11.6 Å². The second-order valence-electron chi connectivity index (χ2n) is 5.95. The molecule has 140 valence electrons. The molecule has 8 nitrogen and oxygen atoms in total. The zero-order valence-electron chi connectivity index (χ0n) is 14.4. The molecule has 0 saturated carbocycles. The van der Waals surface area contributed by atoms with Crippen molar-refractivity contribution in [3.8, 4) is 0 Å². The first-order valence-corrected chi connectivity index (χ1v) is 9.17. The second kappa shape index (κ2) is 8.74. The van der Waals surface area contributed by atoms with Crippen LogP contribution in [0.5, 0.6) is 0 Å². The molecule has 2 aromatic carbocycles. The van der Waals surface area contributed by atoms with Gasteiger partial charge in [-0.05, 0) is 24.3 Å². The molecule has 0 radical (unpaired) electrons. The molecule has 1 aliphatic rings. The van der Waals surface area contributed by atoms with Crippen LogP contribution in [-0.4, -0.2) is 43.2 Å². The van der Waals surface area contributed by atoms with Gasteiger partial charge in [-0.1, -0.05) is 22.0 Å². The molecule has 1 amide bonds. The number of hydrogen-bond acceptors (Lipinski definition) is 6. The van der Waals surface area contributed by atoms with Gasteiger partial charge in [0.15, 0.2) is 0 Å². The number of piperazine rings is 1. The van der Waals surface area contributed by atoms with Gasteiger partial charge < -0.3 is 10.2 Å². The zero-order valence-corrected chi connectivity index (χ0v) is 16.0. The van der Waals surface area contributed by atoms with Gasteiger partial charge in [-0.15, -0.1) is 0 Å². The van der Waals surface area contributed by atoms with E-state index in [9.17, 15) is 14.9 Å². The van der Waals surface area contributed by atoms with Crippen molar-refractivity contribution in [2.45, 2.75) is 0 Å². The lowest BCUT2D eigenvalue weighted by Crippen LogP contribution is -2.43. The summed E-state index contributed by atoms with van der Waals surface area (Å²) in [6.45, 7) is 3.27. The minimum Gasteiger partial charge on any atom is -0.368 e. The van der Waals surface area contributed by atoms with Crippen molar-refractivity contribution < 1.29 is 9.72 Å². The fourth-order valence-electron chi connectivity index (χ4n) is 2.81. The number of nitro benzene ring substituents is 1. The van der Waals surface area contributed by atoms with E-state index >= 15 is 0 Å². The molecule has 2 aromatic rings. The maximum Gasteiger partial charge on any atom is 0.271 e. The van der Waals surface area contributed by atoms with Crippen LogP contribution in [0.15, 0.2) is 52.0 Å². The van der Waals surface area contributed by atoms with Crippen LogP contribution in [0.3, 0.4) is 0 Å². The van der Waals surface area contributed by atoms with Crippen LogP contribution in [0.1, 0.15) is 15.9 Å². The number of non-ortho nitro benzene ring substituents is 1. The molecule has 0 unspecified atom stereocenters. The minimum absolute atomic E-state index is 0.0198. The molecule has 1 heterocycles.